The second kappa shape index (κ2) is 3.46. The fourth-order valence-electron chi connectivity index (χ4n) is 0.631. The lowest BCUT2D eigenvalue weighted by atomic mass is 10.3. The van der Waals surface area contributed by atoms with Crippen LogP contribution in [0.25, 0.3) is 0 Å². The van der Waals surface area contributed by atoms with E-state index in [1.54, 1.807) is 6.20 Å². The molecule has 1 aromatic heterocycles. The maximum Gasteiger partial charge on any atom is 0.196 e. The van der Waals surface area contributed by atoms with Crippen LogP contribution in [0.3, 0.4) is 0 Å². The molecular formula is C7H7BrN2. The van der Waals surface area contributed by atoms with Gasteiger partial charge in [-0.2, -0.15) is 0 Å². The van der Waals surface area contributed by atoms with Gasteiger partial charge in [-0.25, -0.2) is 9.97 Å². The van der Waals surface area contributed by atoms with E-state index in [9.17, 15) is 0 Å². The van der Waals surface area contributed by atoms with Crippen molar-refractivity contribution in [2.24, 2.45) is 0 Å². The highest BCUT2D eigenvalue weighted by atomic mass is 79.9. The van der Waals surface area contributed by atoms with Gasteiger partial charge in [0.1, 0.15) is 0 Å². The predicted octanol–water partition coefficient (Wildman–Crippen LogP) is 1.97. The number of nitrogens with zero attached hydrogens (tertiary/aromatic N) is 2. The largest absolute Gasteiger partial charge is 0.231 e. The van der Waals surface area contributed by atoms with Crippen LogP contribution < -0.4 is 0 Å². The van der Waals surface area contributed by atoms with E-state index >= 15 is 0 Å². The molecule has 0 bridgehead atoms. The molecule has 3 heteroatoms. The Labute approximate surface area is 68.1 Å². The third kappa shape index (κ3) is 1.92. The van der Waals surface area contributed by atoms with Gasteiger partial charge in [0, 0.05) is 18.3 Å². The van der Waals surface area contributed by atoms with Crippen LogP contribution in [-0.2, 0) is 6.42 Å². The Morgan fingerprint density at radius 2 is 2.50 bits per heavy atom. The first-order valence-corrected chi connectivity index (χ1v) is 3.70. The van der Waals surface area contributed by atoms with E-state index < -0.39 is 0 Å². The summed E-state index contributed by atoms with van der Waals surface area (Å²) in [6.45, 7) is 3.61. The van der Waals surface area contributed by atoms with Gasteiger partial charge < -0.3 is 0 Å². The third-order valence-corrected chi connectivity index (χ3v) is 1.42. The molecule has 0 aliphatic carbocycles. The monoisotopic (exact) mass is 198 g/mol. The molecule has 0 unspecified atom stereocenters. The van der Waals surface area contributed by atoms with Crippen molar-refractivity contribution in [1.82, 2.24) is 9.97 Å². The minimum absolute atomic E-state index is 0.631. The van der Waals surface area contributed by atoms with E-state index in [-0.39, 0.29) is 0 Å². The quantitative estimate of drug-likeness (QED) is 0.537. The minimum atomic E-state index is 0.631. The summed E-state index contributed by atoms with van der Waals surface area (Å²) in [4.78, 5) is 7.99. The Bertz CT molecular complexity index is 235. The molecule has 0 N–H and O–H groups in total. The molecule has 52 valence electrons. The zero-order valence-corrected chi connectivity index (χ0v) is 7.00. The number of halogens is 1. The summed E-state index contributed by atoms with van der Waals surface area (Å²) in [6.07, 6.45) is 4.33. The van der Waals surface area contributed by atoms with E-state index in [1.807, 2.05) is 12.1 Å². The topological polar surface area (TPSA) is 25.8 Å². The number of aromatic nitrogens is 2. The molecule has 0 saturated heterocycles. The molecule has 0 radical (unpaired) electrons. The number of hydrogen-bond donors (Lipinski definition) is 0. The van der Waals surface area contributed by atoms with Gasteiger partial charge in [-0.3, -0.25) is 0 Å². The standard InChI is InChI=1S/C7H7BrN2/c1-2-3-6-4-5-9-7(8)10-6/h2,4-5H,1,3H2. The predicted molar refractivity (Wildman–Crippen MR) is 43.6 cm³/mol. The van der Waals surface area contributed by atoms with E-state index in [2.05, 4.69) is 32.5 Å². The fourth-order valence-corrected chi connectivity index (χ4v) is 0.977. The maximum absolute atomic E-state index is 4.10. The molecule has 0 saturated carbocycles. The van der Waals surface area contributed by atoms with E-state index in [1.165, 1.54) is 0 Å². The molecule has 1 aromatic rings. The van der Waals surface area contributed by atoms with Gasteiger partial charge in [-0.1, -0.05) is 6.08 Å². The van der Waals surface area contributed by atoms with Gasteiger partial charge in [0.05, 0.1) is 0 Å². The van der Waals surface area contributed by atoms with Crippen molar-refractivity contribution in [2.45, 2.75) is 6.42 Å². The third-order valence-electron chi connectivity index (χ3n) is 1.04. The van der Waals surface area contributed by atoms with Crippen molar-refractivity contribution >= 4 is 15.9 Å². The smallest absolute Gasteiger partial charge is 0.196 e. The molecule has 0 spiro atoms. The second-order valence-electron chi connectivity index (χ2n) is 1.81. The molecular weight excluding hydrogens is 192 g/mol. The first-order valence-electron chi connectivity index (χ1n) is 2.91. The van der Waals surface area contributed by atoms with Crippen molar-refractivity contribution in [2.75, 3.05) is 0 Å². The molecule has 1 rings (SSSR count). The van der Waals surface area contributed by atoms with Gasteiger partial charge in [0.2, 0.25) is 0 Å². The van der Waals surface area contributed by atoms with E-state index in [0.29, 0.717) is 4.73 Å². The van der Waals surface area contributed by atoms with Crippen molar-refractivity contribution in [3.05, 3.63) is 35.3 Å². The Morgan fingerprint density at radius 3 is 3.10 bits per heavy atom. The number of hydrogen-bond acceptors (Lipinski definition) is 2. The lowest BCUT2D eigenvalue weighted by molar-refractivity contribution is 1.01. The van der Waals surface area contributed by atoms with Crippen LogP contribution in [0, 0.1) is 0 Å². The molecule has 0 fully saturated rings. The average Bonchev–Trinajstić information content (AvgIpc) is 1.88. The first-order chi connectivity index (χ1) is 4.83. The van der Waals surface area contributed by atoms with Gasteiger partial charge >= 0.3 is 0 Å². The van der Waals surface area contributed by atoms with Crippen LogP contribution in [0.15, 0.2) is 29.7 Å². The molecule has 0 aliphatic rings. The maximum atomic E-state index is 4.10. The van der Waals surface area contributed by atoms with E-state index in [0.717, 1.165) is 12.1 Å². The Morgan fingerprint density at radius 1 is 1.70 bits per heavy atom. The molecule has 2 nitrogen and oxygen atoms in total. The Hall–Kier alpha value is -0.700. The zero-order chi connectivity index (χ0) is 7.40. The molecule has 0 amide bonds. The summed E-state index contributed by atoms with van der Waals surface area (Å²) < 4.78 is 0.631. The normalized spacial score (nSPS) is 9.30. The lowest BCUT2D eigenvalue weighted by Gasteiger charge is -1.93. The first kappa shape index (κ1) is 7.41. The van der Waals surface area contributed by atoms with Crippen molar-refractivity contribution in [1.29, 1.82) is 0 Å². The number of allylic oxidation sites excluding steroid dienone is 1. The van der Waals surface area contributed by atoms with Crippen LogP contribution in [0.4, 0.5) is 0 Å². The van der Waals surface area contributed by atoms with Crippen LogP contribution in [-0.4, -0.2) is 9.97 Å². The second-order valence-corrected chi connectivity index (χ2v) is 2.52. The minimum Gasteiger partial charge on any atom is -0.231 e. The van der Waals surface area contributed by atoms with Crippen LogP contribution in [0.5, 0.6) is 0 Å². The van der Waals surface area contributed by atoms with Crippen LogP contribution >= 0.6 is 15.9 Å². The summed E-state index contributed by atoms with van der Waals surface area (Å²) in [5.74, 6) is 0. The Balaban J connectivity index is 2.84. The Kier molecular flexibility index (Phi) is 2.57. The highest BCUT2D eigenvalue weighted by Crippen LogP contribution is 2.02. The average molecular weight is 199 g/mol. The molecule has 0 atom stereocenters. The summed E-state index contributed by atoms with van der Waals surface area (Å²) in [5.41, 5.74) is 0.983. The van der Waals surface area contributed by atoms with Crippen molar-refractivity contribution in [3.63, 3.8) is 0 Å². The highest BCUT2D eigenvalue weighted by Gasteiger charge is 1.91. The van der Waals surface area contributed by atoms with Gasteiger partial charge in [-0.05, 0) is 22.0 Å². The highest BCUT2D eigenvalue weighted by molar-refractivity contribution is 9.10. The van der Waals surface area contributed by atoms with Crippen LogP contribution in [0.2, 0.25) is 0 Å². The summed E-state index contributed by atoms with van der Waals surface area (Å²) in [6, 6.07) is 1.87. The summed E-state index contributed by atoms with van der Waals surface area (Å²) >= 11 is 3.18. The summed E-state index contributed by atoms with van der Waals surface area (Å²) in [7, 11) is 0. The summed E-state index contributed by atoms with van der Waals surface area (Å²) in [5, 5.41) is 0. The molecule has 1 heterocycles. The van der Waals surface area contributed by atoms with Gasteiger partial charge in [-0.15, -0.1) is 6.58 Å². The van der Waals surface area contributed by atoms with E-state index in [4.69, 9.17) is 0 Å². The van der Waals surface area contributed by atoms with Crippen molar-refractivity contribution in [3.8, 4) is 0 Å². The van der Waals surface area contributed by atoms with Crippen molar-refractivity contribution < 1.29 is 0 Å². The molecule has 0 aliphatic heterocycles. The van der Waals surface area contributed by atoms with Gasteiger partial charge in [0.15, 0.2) is 4.73 Å². The van der Waals surface area contributed by atoms with Gasteiger partial charge in [0.25, 0.3) is 0 Å². The molecule has 10 heavy (non-hydrogen) atoms. The lowest BCUT2D eigenvalue weighted by Crippen LogP contribution is -1.88. The number of rotatable bonds is 2. The fraction of sp³-hybridized carbons (Fsp3) is 0.143. The SMILES string of the molecule is C=CCc1ccnc(Br)n1. The zero-order valence-electron chi connectivity index (χ0n) is 5.42. The molecule has 0 aromatic carbocycles. The van der Waals surface area contributed by atoms with Crippen LogP contribution in [0.1, 0.15) is 5.69 Å².